The lowest BCUT2D eigenvalue weighted by Crippen LogP contribution is -2.12. The lowest BCUT2D eigenvalue weighted by molar-refractivity contribution is 0.369. The van der Waals surface area contributed by atoms with Crippen molar-refractivity contribution in [2.45, 2.75) is 0 Å². The summed E-state index contributed by atoms with van der Waals surface area (Å²) in [5.74, 6) is 1.08. The maximum absolute atomic E-state index is 13.7. The van der Waals surface area contributed by atoms with Crippen LogP contribution in [0.4, 0.5) is 4.39 Å². The quantitative estimate of drug-likeness (QED) is 0.801. The number of ether oxygens (including phenoxy) is 1. The first-order chi connectivity index (χ1) is 8.63. The van der Waals surface area contributed by atoms with Crippen molar-refractivity contribution < 1.29 is 13.5 Å². The summed E-state index contributed by atoms with van der Waals surface area (Å²) in [4.78, 5) is 11.3. The molecule has 0 unspecified atom stereocenters. The van der Waals surface area contributed by atoms with E-state index in [0.29, 0.717) is 0 Å². The molecule has 2 aromatic rings. The van der Waals surface area contributed by atoms with E-state index < -0.39 is 11.6 Å². The molecule has 6 heteroatoms. The molecule has 1 heterocycles. The molecule has 92 valence electrons. The van der Waals surface area contributed by atoms with Gasteiger partial charge in [0.05, 0.1) is 16.9 Å². The number of benzene rings is 1. The predicted molar refractivity (Wildman–Crippen MR) is 63.6 cm³/mol. The Morgan fingerprint density at radius 1 is 1.56 bits per heavy atom. The van der Waals surface area contributed by atoms with Gasteiger partial charge in [0.2, 0.25) is 0 Å². The second-order valence-corrected chi connectivity index (χ2v) is 3.67. The average Bonchev–Trinajstić information content (AvgIpc) is 2.74. The third kappa shape index (κ3) is 2.24. The molecular weight excluding hydrogens is 261 g/mol. The minimum Gasteiger partial charge on any atom is -0.479 e. The molecule has 0 radical (unpaired) electrons. The predicted octanol–water partition coefficient (Wildman–Crippen LogP) is 2.24. The average molecular weight is 268 g/mol. The molecule has 0 aliphatic rings. The number of oxazole rings is 1. The normalized spacial score (nSPS) is 10.1. The smallest absolute Gasteiger partial charge is 0.423 e. The highest BCUT2D eigenvalue weighted by Crippen LogP contribution is 2.29. The second-order valence-electron chi connectivity index (χ2n) is 3.27. The number of aromatic nitrogens is 1. The van der Waals surface area contributed by atoms with Gasteiger partial charge in [-0.05, 0) is 6.07 Å². The maximum Gasteiger partial charge on any atom is 0.423 e. The summed E-state index contributed by atoms with van der Waals surface area (Å²) in [6, 6.07) is 2.33. The summed E-state index contributed by atoms with van der Waals surface area (Å²) < 4.78 is 24.4. The molecule has 0 aliphatic carbocycles. The Hall–Kier alpha value is -2.19. The standard InChI is InChI=1S/C12H7ClFNO3/c1-2-4-17-11-7-10(9(14)6-8(11)13)15-3-5-18-12(15)16/h1,3,5-7H,4H2. The van der Waals surface area contributed by atoms with Gasteiger partial charge in [-0.15, -0.1) is 6.42 Å². The SMILES string of the molecule is C#CCOc1cc(-n2ccoc2=O)c(F)cc1Cl. The van der Waals surface area contributed by atoms with Gasteiger partial charge in [-0.3, -0.25) is 0 Å². The number of halogens is 2. The van der Waals surface area contributed by atoms with Crippen molar-refractivity contribution in [2.24, 2.45) is 0 Å². The first kappa shape index (κ1) is 12.3. The lowest BCUT2D eigenvalue weighted by atomic mass is 10.3. The molecule has 0 aliphatic heterocycles. The fourth-order valence-corrected chi connectivity index (χ4v) is 1.58. The second kappa shape index (κ2) is 4.98. The van der Waals surface area contributed by atoms with Crippen molar-refractivity contribution in [1.29, 1.82) is 0 Å². The molecule has 0 saturated carbocycles. The summed E-state index contributed by atoms with van der Waals surface area (Å²) >= 11 is 5.79. The molecule has 1 aromatic carbocycles. The fourth-order valence-electron chi connectivity index (χ4n) is 1.38. The minimum absolute atomic E-state index is 0.00885. The molecule has 0 fully saturated rings. The largest absolute Gasteiger partial charge is 0.479 e. The van der Waals surface area contributed by atoms with Crippen molar-refractivity contribution >= 4 is 11.6 Å². The Labute approximate surface area is 107 Å². The van der Waals surface area contributed by atoms with Gasteiger partial charge in [0.1, 0.15) is 24.4 Å². The molecular formula is C12H7ClFNO3. The van der Waals surface area contributed by atoms with Crippen LogP contribution in [0.2, 0.25) is 5.02 Å². The van der Waals surface area contributed by atoms with E-state index in [1.165, 1.54) is 12.3 Å². The van der Waals surface area contributed by atoms with Gasteiger partial charge in [-0.25, -0.2) is 13.8 Å². The molecule has 1 aromatic heterocycles. The van der Waals surface area contributed by atoms with Crippen LogP contribution in [0.25, 0.3) is 5.69 Å². The van der Waals surface area contributed by atoms with Gasteiger partial charge in [0.25, 0.3) is 0 Å². The van der Waals surface area contributed by atoms with Crippen molar-refractivity contribution in [3.8, 4) is 23.8 Å². The van der Waals surface area contributed by atoms with Gasteiger partial charge < -0.3 is 9.15 Å². The van der Waals surface area contributed by atoms with Gasteiger partial charge in [0.15, 0.2) is 0 Å². The van der Waals surface area contributed by atoms with Crippen LogP contribution in [0.5, 0.6) is 5.75 Å². The van der Waals surface area contributed by atoms with Crippen molar-refractivity contribution in [2.75, 3.05) is 6.61 Å². The molecule has 2 rings (SSSR count). The first-order valence-corrected chi connectivity index (χ1v) is 5.23. The van der Waals surface area contributed by atoms with Crippen molar-refractivity contribution in [3.63, 3.8) is 0 Å². The lowest BCUT2D eigenvalue weighted by Gasteiger charge is -2.08. The Morgan fingerprint density at radius 2 is 2.33 bits per heavy atom. The monoisotopic (exact) mass is 267 g/mol. The van der Waals surface area contributed by atoms with Crippen LogP contribution >= 0.6 is 11.6 Å². The van der Waals surface area contributed by atoms with Crippen LogP contribution in [-0.2, 0) is 0 Å². The molecule has 0 amide bonds. The Morgan fingerprint density at radius 3 is 2.94 bits per heavy atom. The molecule has 0 saturated heterocycles. The molecule has 18 heavy (non-hydrogen) atoms. The van der Waals surface area contributed by atoms with E-state index in [4.69, 9.17) is 22.8 Å². The van der Waals surface area contributed by atoms with Gasteiger partial charge in [0, 0.05) is 6.07 Å². The molecule has 4 nitrogen and oxygen atoms in total. The molecule has 0 atom stereocenters. The zero-order valence-corrected chi connectivity index (χ0v) is 9.78. The van der Waals surface area contributed by atoms with Gasteiger partial charge >= 0.3 is 5.76 Å². The third-order valence-corrected chi connectivity index (χ3v) is 2.44. The highest BCUT2D eigenvalue weighted by Gasteiger charge is 2.13. The number of hydrogen-bond acceptors (Lipinski definition) is 3. The van der Waals surface area contributed by atoms with Crippen LogP contribution in [0.3, 0.4) is 0 Å². The molecule has 0 spiro atoms. The van der Waals surface area contributed by atoms with Crippen LogP contribution in [-0.4, -0.2) is 11.2 Å². The number of hydrogen-bond donors (Lipinski definition) is 0. The maximum atomic E-state index is 13.7. The van der Waals surface area contributed by atoms with Gasteiger partial charge in [-0.2, -0.15) is 0 Å². The summed E-state index contributed by atoms with van der Waals surface area (Å²) in [5, 5.41) is 0.0723. The van der Waals surface area contributed by atoms with E-state index in [1.807, 2.05) is 0 Å². The Kier molecular flexibility index (Phi) is 3.40. The van der Waals surface area contributed by atoms with Crippen LogP contribution in [0.1, 0.15) is 0 Å². The molecule has 0 bridgehead atoms. The zero-order valence-electron chi connectivity index (χ0n) is 9.02. The van der Waals surface area contributed by atoms with Crippen LogP contribution < -0.4 is 10.5 Å². The highest BCUT2D eigenvalue weighted by atomic mass is 35.5. The Bertz CT molecular complexity index is 669. The third-order valence-electron chi connectivity index (χ3n) is 2.15. The Balaban J connectivity index is 2.52. The van der Waals surface area contributed by atoms with Gasteiger partial charge in [-0.1, -0.05) is 17.5 Å². The fraction of sp³-hybridized carbons (Fsp3) is 0.0833. The number of nitrogens with zero attached hydrogens (tertiary/aromatic N) is 1. The van der Waals surface area contributed by atoms with E-state index >= 15 is 0 Å². The van der Waals surface area contributed by atoms with Crippen molar-refractivity contribution in [1.82, 2.24) is 4.57 Å². The highest BCUT2D eigenvalue weighted by molar-refractivity contribution is 6.32. The number of terminal acetylenes is 1. The summed E-state index contributed by atoms with van der Waals surface area (Å²) in [5.41, 5.74) is -0.0230. The van der Waals surface area contributed by atoms with E-state index in [1.54, 1.807) is 0 Å². The van der Waals surface area contributed by atoms with E-state index in [2.05, 4.69) is 10.3 Å². The topological polar surface area (TPSA) is 44.4 Å². The zero-order chi connectivity index (χ0) is 13.1. The minimum atomic E-state index is -0.709. The summed E-state index contributed by atoms with van der Waals surface area (Å²) in [6.45, 7) is -0.00885. The van der Waals surface area contributed by atoms with E-state index in [9.17, 15) is 9.18 Å². The van der Waals surface area contributed by atoms with E-state index in [0.717, 1.165) is 16.9 Å². The van der Waals surface area contributed by atoms with E-state index in [-0.39, 0.29) is 23.1 Å². The summed E-state index contributed by atoms with van der Waals surface area (Å²) in [7, 11) is 0. The summed E-state index contributed by atoms with van der Waals surface area (Å²) in [6.07, 6.45) is 7.49. The number of rotatable bonds is 3. The van der Waals surface area contributed by atoms with Crippen LogP contribution in [0, 0.1) is 18.2 Å². The van der Waals surface area contributed by atoms with Crippen LogP contribution in [0.15, 0.2) is 33.8 Å². The molecule has 0 N–H and O–H groups in total. The first-order valence-electron chi connectivity index (χ1n) is 4.85. The van der Waals surface area contributed by atoms with Crippen molar-refractivity contribution in [3.05, 3.63) is 46.0 Å².